The Kier molecular flexibility index (Phi) is 5.74. The Morgan fingerprint density at radius 3 is 2.52 bits per heavy atom. The van der Waals surface area contributed by atoms with E-state index < -0.39 is 22.7 Å². The van der Waals surface area contributed by atoms with E-state index in [1.807, 2.05) is 6.92 Å². The molecular weight excluding hydrogens is 376 g/mol. The average Bonchev–Trinajstić information content (AvgIpc) is 2.97. The van der Waals surface area contributed by atoms with E-state index in [0.29, 0.717) is 11.1 Å². The minimum absolute atomic E-state index is 0.0963. The Morgan fingerprint density at radius 1 is 1.21 bits per heavy atom. The smallest absolute Gasteiger partial charge is 0.295 e. The summed E-state index contributed by atoms with van der Waals surface area (Å²) in [5.41, 5.74) is 1.45. The van der Waals surface area contributed by atoms with E-state index >= 15 is 0 Å². The van der Waals surface area contributed by atoms with Gasteiger partial charge < -0.3 is 14.7 Å². The maximum Gasteiger partial charge on any atom is 0.295 e. The number of amides is 1. The standard InChI is InChI=1S/C21H20N2O6/c1-13-6-8-14(9-7-13)19(24)17-18(15-4-3-5-16(12-15)23(27)28)22(10-11-29-2)21(26)20(17)25/h3-9,12,18,24H,10-11H2,1-2H3/b19-17+. The summed E-state index contributed by atoms with van der Waals surface area (Å²) in [4.78, 5) is 37.3. The molecular formula is C21H20N2O6. The van der Waals surface area contributed by atoms with Crippen molar-refractivity contribution in [1.82, 2.24) is 4.90 Å². The molecule has 1 atom stereocenters. The lowest BCUT2D eigenvalue weighted by Crippen LogP contribution is -2.32. The number of nitro benzene ring substituents is 1. The second-order valence-electron chi connectivity index (χ2n) is 6.70. The fourth-order valence-electron chi connectivity index (χ4n) is 3.32. The second kappa shape index (κ2) is 8.24. The maximum absolute atomic E-state index is 12.8. The molecule has 1 aliphatic heterocycles. The minimum atomic E-state index is -0.952. The SMILES string of the molecule is COCCN1C(=O)C(=O)/C(=C(/O)c2ccc(C)cc2)C1c1cccc([N+](=O)[O-])c1. The summed E-state index contributed by atoms with van der Waals surface area (Å²) >= 11 is 0. The van der Waals surface area contributed by atoms with Crippen LogP contribution in [-0.2, 0) is 14.3 Å². The van der Waals surface area contributed by atoms with Crippen molar-refractivity contribution in [3.63, 3.8) is 0 Å². The lowest BCUT2D eigenvalue weighted by atomic mass is 9.95. The summed E-state index contributed by atoms with van der Waals surface area (Å²) in [6.07, 6.45) is 0. The number of ketones is 1. The highest BCUT2D eigenvalue weighted by Crippen LogP contribution is 2.40. The van der Waals surface area contributed by atoms with Gasteiger partial charge >= 0.3 is 0 Å². The molecule has 2 aromatic rings. The Balaban J connectivity index is 2.18. The van der Waals surface area contributed by atoms with Gasteiger partial charge in [0.15, 0.2) is 0 Å². The van der Waals surface area contributed by atoms with Crippen LogP contribution in [0.4, 0.5) is 5.69 Å². The number of hydrogen-bond donors (Lipinski definition) is 1. The molecule has 1 heterocycles. The second-order valence-corrected chi connectivity index (χ2v) is 6.70. The van der Waals surface area contributed by atoms with Crippen molar-refractivity contribution in [2.75, 3.05) is 20.3 Å². The molecule has 0 spiro atoms. The van der Waals surface area contributed by atoms with Gasteiger partial charge in [-0.1, -0.05) is 42.0 Å². The van der Waals surface area contributed by atoms with Crippen molar-refractivity contribution in [1.29, 1.82) is 0 Å². The number of ether oxygens (including phenoxy) is 1. The first-order chi connectivity index (χ1) is 13.8. The van der Waals surface area contributed by atoms with Crippen molar-refractivity contribution >= 4 is 23.1 Å². The molecule has 1 saturated heterocycles. The van der Waals surface area contributed by atoms with Crippen LogP contribution < -0.4 is 0 Å². The van der Waals surface area contributed by atoms with Gasteiger partial charge in [-0.25, -0.2) is 0 Å². The molecule has 1 unspecified atom stereocenters. The van der Waals surface area contributed by atoms with E-state index in [1.165, 1.54) is 30.2 Å². The van der Waals surface area contributed by atoms with Gasteiger partial charge in [-0.15, -0.1) is 0 Å². The van der Waals surface area contributed by atoms with Crippen molar-refractivity contribution in [2.45, 2.75) is 13.0 Å². The number of methoxy groups -OCH3 is 1. The molecule has 150 valence electrons. The monoisotopic (exact) mass is 396 g/mol. The zero-order valence-electron chi connectivity index (χ0n) is 16.0. The first-order valence-corrected chi connectivity index (χ1v) is 8.94. The fourth-order valence-corrected chi connectivity index (χ4v) is 3.32. The molecule has 0 bridgehead atoms. The van der Waals surface area contributed by atoms with Crippen LogP contribution >= 0.6 is 0 Å². The van der Waals surface area contributed by atoms with E-state index in [4.69, 9.17) is 4.74 Å². The van der Waals surface area contributed by atoms with Crippen LogP contribution in [0.3, 0.4) is 0 Å². The van der Waals surface area contributed by atoms with Crippen LogP contribution in [0.1, 0.15) is 22.7 Å². The van der Waals surface area contributed by atoms with Crippen molar-refractivity contribution in [2.24, 2.45) is 0 Å². The van der Waals surface area contributed by atoms with Crippen LogP contribution in [0, 0.1) is 17.0 Å². The third-order valence-corrected chi connectivity index (χ3v) is 4.80. The molecule has 8 heteroatoms. The van der Waals surface area contributed by atoms with Crippen LogP contribution in [0.15, 0.2) is 54.1 Å². The van der Waals surface area contributed by atoms with E-state index in [-0.39, 0.29) is 30.2 Å². The maximum atomic E-state index is 12.8. The molecule has 0 aromatic heterocycles. The summed E-state index contributed by atoms with van der Waals surface area (Å²) in [6.45, 7) is 2.15. The number of nitro groups is 1. The minimum Gasteiger partial charge on any atom is -0.507 e. The lowest BCUT2D eigenvalue weighted by molar-refractivity contribution is -0.384. The van der Waals surface area contributed by atoms with Gasteiger partial charge in [-0.3, -0.25) is 19.7 Å². The first-order valence-electron chi connectivity index (χ1n) is 8.94. The highest BCUT2D eigenvalue weighted by Gasteiger charge is 2.46. The average molecular weight is 396 g/mol. The number of benzene rings is 2. The Labute approximate surface area is 167 Å². The number of aliphatic hydroxyl groups excluding tert-OH is 1. The molecule has 0 aliphatic carbocycles. The largest absolute Gasteiger partial charge is 0.507 e. The summed E-state index contributed by atoms with van der Waals surface area (Å²) in [5.74, 6) is -1.94. The number of carbonyl (C=O) groups is 2. The number of nitrogens with zero attached hydrogens (tertiary/aromatic N) is 2. The van der Waals surface area contributed by atoms with Gasteiger partial charge in [-0.2, -0.15) is 0 Å². The molecule has 1 N–H and O–H groups in total. The number of likely N-dealkylation sites (tertiary alicyclic amines) is 1. The van der Waals surface area contributed by atoms with Gasteiger partial charge in [0.05, 0.1) is 23.1 Å². The van der Waals surface area contributed by atoms with Gasteiger partial charge in [0, 0.05) is 31.4 Å². The molecule has 0 radical (unpaired) electrons. The summed E-state index contributed by atoms with van der Waals surface area (Å²) in [7, 11) is 1.46. The molecule has 8 nitrogen and oxygen atoms in total. The fraction of sp³-hybridized carbons (Fsp3) is 0.238. The molecule has 1 amide bonds. The van der Waals surface area contributed by atoms with Crippen molar-refractivity contribution in [3.05, 3.63) is 80.9 Å². The van der Waals surface area contributed by atoms with Crippen LogP contribution in [-0.4, -0.2) is 46.9 Å². The van der Waals surface area contributed by atoms with Gasteiger partial charge in [-0.05, 0) is 12.5 Å². The number of non-ortho nitro benzene ring substituents is 1. The van der Waals surface area contributed by atoms with E-state index in [0.717, 1.165) is 5.56 Å². The number of aryl methyl sites for hydroxylation is 1. The predicted octanol–water partition coefficient (Wildman–Crippen LogP) is 2.97. The van der Waals surface area contributed by atoms with Gasteiger partial charge in [0.2, 0.25) is 0 Å². The third-order valence-electron chi connectivity index (χ3n) is 4.80. The number of Topliss-reactive ketones (excluding diaryl/α,β-unsaturated/α-hetero) is 1. The first kappa shape index (κ1) is 20.2. The molecule has 2 aromatic carbocycles. The molecule has 3 rings (SSSR count). The lowest BCUT2D eigenvalue weighted by Gasteiger charge is -2.24. The molecule has 29 heavy (non-hydrogen) atoms. The summed E-state index contributed by atoms with van der Waals surface area (Å²) in [6, 6.07) is 11.6. The van der Waals surface area contributed by atoms with Gasteiger partial charge in [0.1, 0.15) is 5.76 Å². The zero-order valence-corrected chi connectivity index (χ0v) is 16.0. The predicted molar refractivity (Wildman–Crippen MR) is 105 cm³/mol. The van der Waals surface area contributed by atoms with Crippen molar-refractivity contribution < 1.29 is 24.4 Å². The molecule has 1 fully saturated rings. The topological polar surface area (TPSA) is 110 Å². The van der Waals surface area contributed by atoms with Crippen LogP contribution in [0.25, 0.3) is 5.76 Å². The highest BCUT2D eigenvalue weighted by molar-refractivity contribution is 6.46. The summed E-state index contributed by atoms with van der Waals surface area (Å²) < 4.78 is 5.04. The van der Waals surface area contributed by atoms with Crippen LogP contribution in [0.5, 0.6) is 0 Å². The third kappa shape index (κ3) is 3.88. The normalized spacial score (nSPS) is 18.3. The van der Waals surface area contributed by atoms with E-state index in [2.05, 4.69) is 0 Å². The number of hydrogen-bond acceptors (Lipinski definition) is 6. The summed E-state index contributed by atoms with van der Waals surface area (Å²) in [5, 5.41) is 22.1. The number of rotatable bonds is 6. The molecule has 0 saturated carbocycles. The van der Waals surface area contributed by atoms with Crippen LogP contribution in [0.2, 0.25) is 0 Å². The van der Waals surface area contributed by atoms with E-state index in [9.17, 15) is 24.8 Å². The zero-order chi connectivity index (χ0) is 21.1. The Hall–Kier alpha value is -3.52. The molecule has 1 aliphatic rings. The quantitative estimate of drug-likeness (QED) is 0.264. The Morgan fingerprint density at radius 2 is 1.90 bits per heavy atom. The number of carbonyl (C=O) groups excluding carboxylic acids is 2. The highest BCUT2D eigenvalue weighted by atomic mass is 16.6. The Bertz CT molecular complexity index is 996. The van der Waals surface area contributed by atoms with E-state index in [1.54, 1.807) is 30.3 Å². The number of aliphatic hydroxyl groups is 1. The van der Waals surface area contributed by atoms with Crippen molar-refractivity contribution in [3.8, 4) is 0 Å². The van der Waals surface area contributed by atoms with Gasteiger partial charge in [0.25, 0.3) is 17.4 Å².